The summed E-state index contributed by atoms with van der Waals surface area (Å²) in [5.41, 5.74) is 0.0880. The second-order valence-electron chi connectivity index (χ2n) is 6.10. The number of carbonyl (C=O) groups is 1. The number of non-ortho nitro benzene ring substituents is 1. The normalized spacial score (nSPS) is 12.1. The number of nitro benzene ring substituents is 1. The van der Waals surface area contributed by atoms with Crippen LogP contribution in [0.2, 0.25) is 5.02 Å². The van der Waals surface area contributed by atoms with Crippen LogP contribution in [0.5, 0.6) is 5.75 Å². The van der Waals surface area contributed by atoms with Gasteiger partial charge in [-0.15, -0.1) is 0 Å². The molecule has 29 heavy (non-hydrogen) atoms. The first-order valence-corrected chi connectivity index (χ1v) is 10.7. The van der Waals surface area contributed by atoms with Gasteiger partial charge < -0.3 is 10.1 Å². The number of hydrogen-bond donors (Lipinski definition) is 1. The lowest BCUT2D eigenvalue weighted by molar-refractivity contribution is -0.384. The molecule has 1 atom stereocenters. The van der Waals surface area contributed by atoms with Gasteiger partial charge in [-0.1, -0.05) is 24.6 Å². The number of hydrogen-bond acceptors (Lipinski definition) is 6. The maximum atomic E-state index is 12.9. The molecule has 0 fully saturated rings. The fourth-order valence-electron chi connectivity index (χ4n) is 2.79. The van der Waals surface area contributed by atoms with E-state index < -0.39 is 26.9 Å². The molecule has 2 rings (SSSR count). The van der Waals surface area contributed by atoms with E-state index >= 15 is 0 Å². The molecule has 0 aliphatic heterocycles. The number of amides is 1. The summed E-state index contributed by atoms with van der Waals surface area (Å²) in [4.78, 5) is 23.3. The average molecular weight is 442 g/mol. The van der Waals surface area contributed by atoms with Gasteiger partial charge in [-0.3, -0.25) is 19.2 Å². The van der Waals surface area contributed by atoms with Crippen molar-refractivity contribution in [2.45, 2.75) is 19.4 Å². The van der Waals surface area contributed by atoms with Crippen molar-refractivity contribution in [2.75, 3.05) is 23.0 Å². The minimum Gasteiger partial charge on any atom is -0.495 e. The van der Waals surface area contributed by atoms with Gasteiger partial charge in [-0.05, 0) is 30.7 Å². The minimum absolute atomic E-state index is 0.114. The molecule has 0 aliphatic rings. The van der Waals surface area contributed by atoms with Gasteiger partial charge >= 0.3 is 0 Å². The van der Waals surface area contributed by atoms with E-state index in [1.165, 1.54) is 49.6 Å². The summed E-state index contributed by atoms with van der Waals surface area (Å²) in [5, 5.41) is 13.7. The summed E-state index contributed by atoms with van der Waals surface area (Å²) >= 11 is 6.03. The summed E-state index contributed by atoms with van der Waals surface area (Å²) in [6, 6.07) is 8.66. The molecule has 0 saturated carbocycles. The van der Waals surface area contributed by atoms with Gasteiger partial charge in [-0.25, -0.2) is 8.42 Å². The van der Waals surface area contributed by atoms with Gasteiger partial charge in [0, 0.05) is 22.8 Å². The molecule has 0 saturated heterocycles. The molecule has 2 aromatic rings. The van der Waals surface area contributed by atoms with Crippen molar-refractivity contribution in [2.24, 2.45) is 0 Å². The Labute approximate surface area is 173 Å². The van der Waals surface area contributed by atoms with Crippen LogP contribution in [-0.4, -0.2) is 38.7 Å². The third-order valence-electron chi connectivity index (χ3n) is 4.03. The lowest BCUT2D eigenvalue weighted by Gasteiger charge is -2.31. The minimum atomic E-state index is -3.91. The van der Waals surface area contributed by atoms with E-state index in [1.54, 1.807) is 6.92 Å². The van der Waals surface area contributed by atoms with Crippen LogP contribution in [0, 0.1) is 10.1 Å². The fraction of sp³-hybridized carbons (Fsp3) is 0.278. The van der Waals surface area contributed by atoms with Crippen LogP contribution in [0.25, 0.3) is 0 Å². The Balaban J connectivity index is 2.47. The van der Waals surface area contributed by atoms with E-state index in [-0.39, 0.29) is 34.3 Å². The van der Waals surface area contributed by atoms with E-state index in [0.717, 1.165) is 10.6 Å². The van der Waals surface area contributed by atoms with Crippen LogP contribution < -0.4 is 14.4 Å². The third-order valence-corrected chi connectivity index (χ3v) is 5.43. The average Bonchev–Trinajstić information content (AvgIpc) is 2.65. The molecule has 11 heteroatoms. The molecular weight excluding hydrogens is 422 g/mol. The molecular formula is C18H20ClN3O6S. The predicted molar refractivity (Wildman–Crippen MR) is 111 cm³/mol. The predicted octanol–water partition coefficient (Wildman–Crippen LogP) is 3.44. The first-order chi connectivity index (χ1) is 13.6. The highest BCUT2D eigenvalue weighted by Crippen LogP contribution is 2.35. The van der Waals surface area contributed by atoms with Crippen molar-refractivity contribution in [3.05, 3.63) is 57.6 Å². The van der Waals surface area contributed by atoms with Crippen molar-refractivity contribution in [1.82, 2.24) is 0 Å². The standard InChI is InChI=1S/C18H20ClN3O6S/c1-4-15(18(23)20-13-6-5-7-14(11-13)22(24)25)21(29(3,26)27)16-10-12(19)8-9-17(16)28-2/h5-11,15H,4H2,1-3H3,(H,20,23)/t15-/m1/s1. The van der Waals surface area contributed by atoms with E-state index in [0.29, 0.717) is 0 Å². The number of benzene rings is 2. The number of methoxy groups -OCH3 is 1. The van der Waals surface area contributed by atoms with Gasteiger partial charge in [-0.2, -0.15) is 0 Å². The Kier molecular flexibility index (Phi) is 7.04. The Hall–Kier alpha value is -2.85. The molecule has 0 aliphatic carbocycles. The van der Waals surface area contributed by atoms with Gasteiger partial charge in [0.05, 0.1) is 24.0 Å². The zero-order valence-electron chi connectivity index (χ0n) is 16.0. The zero-order chi connectivity index (χ0) is 21.8. The largest absolute Gasteiger partial charge is 0.495 e. The summed E-state index contributed by atoms with van der Waals surface area (Å²) < 4.78 is 31.3. The monoisotopic (exact) mass is 441 g/mol. The Morgan fingerprint density at radius 1 is 1.31 bits per heavy atom. The maximum Gasteiger partial charge on any atom is 0.271 e. The van der Waals surface area contributed by atoms with Crippen LogP contribution in [-0.2, 0) is 14.8 Å². The molecule has 2 aromatic carbocycles. The summed E-state index contributed by atoms with van der Waals surface area (Å²) in [6.45, 7) is 1.65. The summed E-state index contributed by atoms with van der Waals surface area (Å²) in [6.07, 6.45) is 1.10. The van der Waals surface area contributed by atoms with E-state index in [4.69, 9.17) is 16.3 Å². The second kappa shape index (κ2) is 9.10. The number of rotatable bonds is 8. The topological polar surface area (TPSA) is 119 Å². The van der Waals surface area contributed by atoms with Crippen LogP contribution in [0.1, 0.15) is 13.3 Å². The highest BCUT2D eigenvalue weighted by atomic mass is 35.5. The lowest BCUT2D eigenvalue weighted by atomic mass is 10.1. The number of ether oxygens (including phenoxy) is 1. The van der Waals surface area contributed by atoms with Crippen molar-refractivity contribution >= 4 is 44.6 Å². The molecule has 156 valence electrons. The molecule has 0 bridgehead atoms. The number of halogens is 1. The van der Waals surface area contributed by atoms with Crippen LogP contribution in [0.15, 0.2) is 42.5 Å². The fourth-order valence-corrected chi connectivity index (χ4v) is 4.17. The second-order valence-corrected chi connectivity index (χ2v) is 8.39. The molecule has 0 heterocycles. The Bertz CT molecular complexity index is 1030. The lowest BCUT2D eigenvalue weighted by Crippen LogP contribution is -2.47. The first kappa shape index (κ1) is 22.4. The third kappa shape index (κ3) is 5.36. The summed E-state index contributed by atoms with van der Waals surface area (Å²) in [7, 11) is -2.54. The molecule has 1 amide bonds. The quantitative estimate of drug-likeness (QED) is 0.495. The van der Waals surface area contributed by atoms with E-state index in [9.17, 15) is 23.3 Å². The van der Waals surface area contributed by atoms with Crippen molar-refractivity contribution < 1.29 is 22.9 Å². The number of anilines is 2. The number of carbonyl (C=O) groups excluding carboxylic acids is 1. The molecule has 1 N–H and O–H groups in total. The molecule has 0 unspecified atom stereocenters. The Morgan fingerprint density at radius 2 is 2.00 bits per heavy atom. The zero-order valence-corrected chi connectivity index (χ0v) is 17.5. The summed E-state index contributed by atoms with van der Waals surface area (Å²) in [5.74, 6) is -0.429. The van der Waals surface area contributed by atoms with Gasteiger partial charge in [0.2, 0.25) is 15.9 Å². The number of sulfonamides is 1. The van der Waals surface area contributed by atoms with Gasteiger partial charge in [0.25, 0.3) is 5.69 Å². The smallest absolute Gasteiger partial charge is 0.271 e. The molecule has 9 nitrogen and oxygen atoms in total. The highest BCUT2D eigenvalue weighted by Gasteiger charge is 2.33. The van der Waals surface area contributed by atoms with Crippen molar-refractivity contribution in [3.8, 4) is 5.75 Å². The Morgan fingerprint density at radius 3 is 2.55 bits per heavy atom. The van der Waals surface area contributed by atoms with Gasteiger partial charge in [0.15, 0.2) is 0 Å². The molecule has 0 aromatic heterocycles. The first-order valence-electron chi connectivity index (χ1n) is 8.46. The van der Waals surface area contributed by atoms with E-state index in [2.05, 4.69) is 5.32 Å². The van der Waals surface area contributed by atoms with Crippen LogP contribution in [0.4, 0.5) is 17.1 Å². The van der Waals surface area contributed by atoms with Gasteiger partial charge in [0.1, 0.15) is 11.8 Å². The van der Waals surface area contributed by atoms with Crippen molar-refractivity contribution in [3.63, 3.8) is 0 Å². The SMILES string of the molecule is CC[C@H](C(=O)Nc1cccc([N+](=O)[O-])c1)N(c1cc(Cl)ccc1OC)S(C)(=O)=O. The van der Waals surface area contributed by atoms with Crippen LogP contribution in [0.3, 0.4) is 0 Å². The number of nitrogens with one attached hydrogen (secondary N) is 1. The highest BCUT2D eigenvalue weighted by molar-refractivity contribution is 7.92. The van der Waals surface area contributed by atoms with Crippen LogP contribution >= 0.6 is 11.6 Å². The maximum absolute atomic E-state index is 12.9. The molecule has 0 radical (unpaired) electrons. The number of nitro groups is 1. The number of nitrogens with zero attached hydrogens (tertiary/aromatic N) is 2. The van der Waals surface area contributed by atoms with Crippen molar-refractivity contribution in [1.29, 1.82) is 0 Å². The molecule has 0 spiro atoms. The van der Waals surface area contributed by atoms with E-state index in [1.807, 2.05) is 0 Å².